The fourth-order valence-corrected chi connectivity index (χ4v) is 2.83. The summed E-state index contributed by atoms with van der Waals surface area (Å²) in [4.78, 5) is 12.5. The quantitative estimate of drug-likeness (QED) is 0.847. The SMILES string of the molecule is O=C(N[C@@H]1CCCNC1)C1(c2ccccc2)CC1. The van der Waals surface area contributed by atoms with E-state index in [0.29, 0.717) is 6.04 Å². The van der Waals surface area contributed by atoms with Gasteiger partial charge in [-0.15, -0.1) is 0 Å². The molecule has 1 aliphatic carbocycles. The third-order valence-corrected chi connectivity index (χ3v) is 4.14. The van der Waals surface area contributed by atoms with Crippen molar-refractivity contribution in [1.29, 1.82) is 0 Å². The van der Waals surface area contributed by atoms with E-state index in [4.69, 9.17) is 0 Å². The van der Waals surface area contributed by atoms with E-state index >= 15 is 0 Å². The highest BCUT2D eigenvalue weighted by atomic mass is 16.2. The zero-order valence-electron chi connectivity index (χ0n) is 10.6. The summed E-state index contributed by atoms with van der Waals surface area (Å²) in [7, 11) is 0. The van der Waals surface area contributed by atoms with Gasteiger partial charge in [0, 0.05) is 12.6 Å². The van der Waals surface area contributed by atoms with Crippen molar-refractivity contribution in [3.63, 3.8) is 0 Å². The number of carbonyl (C=O) groups is 1. The standard InChI is InChI=1S/C15H20N2O/c18-14(17-13-7-4-10-16-11-13)15(8-9-15)12-5-2-1-3-6-12/h1-3,5-6,13,16H,4,7-11H2,(H,17,18)/t13-/m1/s1. The predicted octanol–water partition coefficient (Wildman–Crippen LogP) is 1.59. The molecule has 2 aliphatic rings. The number of hydrogen-bond acceptors (Lipinski definition) is 2. The Morgan fingerprint density at radius 1 is 1.28 bits per heavy atom. The van der Waals surface area contributed by atoms with E-state index in [2.05, 4.69) is 22.8 Å². The zero-order chi connectivity index (χ0) is 12.4. The van der Waals surface area contributed by atoms with Gasteiger partial charge in [-0.3, -0.25) is 4.79 Å². The molecule has 1 aliphatic heterocycles. The molecule has 3 heteroatoms. The van der Waals surface area contributed by atoms with Crippen molar-refractivity contribution in [2.45, 2.75) is 37.1 Å². The van der Waals surface area contributed by atoms with Crippen LogP contribution in [0.2, 0.25) is 0 Å². The van der Waals surface area contributed by atoms with Crippen molar-refractivity contribution in [2.24, 2.45) is 0 Å². The van der Waals surface area contributed by atoms with Crippen molar-refractivity contribution in [1.82, 2.24) is 10.6 Å². The van der Waals surface area contributed by atoms with Crippen molar-refractivity contribution in [3.8, 4) is 0 Å². The predicted molar refractivity (Wildman–Crippen MR) is 71.4 cm³/mol. The van der Waals surface area contributed by atoms with Gasteiger partial charge in [0.05, 0.1) is 5.41 Å². The minimum atomic E-state index is -0.224. The van der Waals surface area contributed by atoms with Crippen LogP contribution in [0, 0.1) is 0 Å². The van der Waals surface area contributed by atoms with E-state index in [1.54, 1.807) is 0 Å². The fraction of sp³-hybridized carbons (Fsp3) is 0.533. The largest absolute Gasteiger partial charge is 0.351 e. The van der Waals surface area contributed by atoms with Crippen LogP contribution in [0.3, 0.4) is 0 Å². The molecular formula is C15H20N2O. The lowest BCUT2D eigenvalue weighted by Crippen LogP contribution is -2.48. The lowest BCUT2D eigenvalue weighted by molar-refractivity contribution is -0.124. The van der Waals surface area contributed by atoms with E-state index < -0.39 is 0 Å². The molecule has 1 saturated heterocycles. The second-order valence-corrected chi connectivity index (χ2v) is 5.46. The molecule has 1 saturated carbocycles. The van der Waals surface area contributed by atoms with Gasteiger partial charge in [0.15, 0.2) is 0 Å². The molecule has 1 atom stereocenters. The van der Waals surface area contributed by atoms with Crippen molar-refractivity contribution in [3.05, 3.63) is 35.9 Å². The van der Waals surface area contributed by atoms with Crippen LogP contribution < -0.4 is 10.6 Å². The highest BCUT2D eigenvalue weighted by Gasteiger charge is 2.51. The summed E-state index contributed by atoms with van der Waals surface area (Å²) >= 11 is 0. The van der Waals surface area contributed by atoms with Gasteiger partial charge in [0.1, 0.15) is 0 Å². The van der Waals surface area contributed by atoms with Gasteiger partial charge < -0.3 is 10.6 Å². The summed E-state index contributed by atoms with van der Waals surface area (Å²) in [5.41, 5.74) is 0.949. The molecule has 18 heavy (non-hydrogen) atoms. The van der Waals surface area contributed by atoms with Crippen molar-refractivity contribution in [2.75, 3.05) is 13.1 Å². The van der Waals surface area contributed by atoms with Crippen LogP contribution in [0.1, 0.15) is 31.2 Å². The van der Waals surface area contributed by atoms with Crippen LogP contribution in [0.4, 0.5) is 0 Å². The van der Waals surface area contributed by atoms with Gasteiger partial charge in [-0.1, -0.05) is 30.3 Å². The molecule has 0 unspecified atom stereocenters. The van der Waals surface area contributed by atoms with E-state index in [1.165, 1.54) is 5.56 Å². The molecule has 0 bridgehead atoms. The number of amides is 1. The van der Waals surface area contributed by atoms with Crippen LogP contribution >= 0.6 is 0 Å². The molecule has 0 aromatic heterocycles. The topological polar surface area (TPSA) is 41.1 Å². The maximum atomic E-state index is 12.5. The van der Waals surface area contributed by atoms with Gasteiger partial charge in [0.2, 0.25) is 5.91 Å². The maximum Gasteiger partial charge on any atom is 0.230 e. The van der Waals surface area contributed by atoms with Crippen LogP contribution in [-0.2, 0) is 10.2 Å². The molecule has 0 radical (unpaired) electrons. The third kappa shape index (κ3) is 2.15. The van der Waals surface area contributed by atoms with Crippen LogP contribution in [0.5, 0.6) is 0 Å². The second-order valence-electron chi connectivity index (χ2n) is 5.46. The normalized spacial score (nSPS) is 25.4. The average Bonchev–Trinajstić information content (AvgIpc) is 3.22. The monoisotopic (exact) mass is 244 g/mol. The summed E-state index contributed by atoms with van der Waals surface area (Å²) in [5, 5.41) is 6.56. The van der Waals surface area contributed by atoms with E-state index in [1.807, 2.05) is 18.2 Å². The lowest BCUT2D eigenvalue weighted by Gasteiger charge is -2.26. The molecule has 1 heterocycles. The lowest BCUT2D eigenvalue weighted by atomic mass is 9.94. The van der Waals surface area contributed by atoms with E-state index in [9.17, 15) is 4.79 Å². The minimum absolute atomic E-state index is 0.224. The number of piperidine rings is 1. The van der Waals surface area contributed by atoms with Gasteiger partial charge in [-0.25, -0.2) is 0 Å². The van der Waals surface area contributed by atoms with Gasteiger partial charge in [-0.05, 0) is 37.8 Å². The summed E-state index contributed by atoms with van der Waals surface area (Å²) < 4.78 is 0. The van der Waals surface area contributed by atoms with Crippen LogP contribution in [0.15, 0.2) is 30.3 Å². The number of carbonyl (C=O) groups excluding carboxylic acids is 1. The molecule has 1 amide bonds. The summed E-state index contributed by atoms with van der Waals surface area (Å²) in [6.45, 7) is 1.99. The Labute approximate surface area is 108 Å². The Morgan fingerprint density at radius 2 is 2.06 bits per heavy atom. The highest BCUT2D eigenvalue weighted by molar-refractivity contribution is 5.91. The number of benzene rings is 1. The molecule has 96 valence electrons. The maximum absolute atomic E-state index is 12.5. The second kappa shape index (κ2) is 4.73. The third-order valence-electron chi connectivity index (χ3n) is 4.14. The van der Waals surface area contributed by atoms with Gasteiger partial charge in [0.25, 0.3) is 0 Å². The molecule has 2 fully saturated rings. The number of rotatable bonds is 3. The molecule has 3 nitrogen and oxygen atoms in total. The molecule has 3 rings (SSSR count). The first-order valence-electron chi connectivity index (χ1n) is 6.88. The Kier molecular flexibility index (Phi) is 3.08. The van der Waals surface area contributed by atoms with Crippen LogP contribution in [-0.4, -0.2) is 25.0 Å². The van der Waals surface area contributed by atoms with E-state index in [0.717, 1.165) is 38.8 Å². The molecule has 2 N–H and O–H groups in total. The summed E-state index contributed by atoms with van der Waals surface area (Å²) in [6, 6.07) is 10.5. The minimum Gasteiger partial charge on any atom is -0.351 e. The zero-order valence-corrected chi connectivity index (χ0v) is 10.6. The first-order valence-corrected chi connectivity index (χ1v) is 6.88. The first-order chi connectivity index (χ1) is 8.81. The molecule has 1 aromatic carbocycles. The number of nitrogens with one attached hydrogen (secondary N) is 2. The summed E-state index contributed by atoms with van der Waals surface area (Å²) in [6.07, 6.45) is 4.24. The molecule has 1 aromatic rings. The van der Waals surface area contributed by atoms with Crippen molar-refractivity contribution >= 4 is 5.91 Å². The highest BCUT2D eigenvalue weighted by Crippen LogP contribution is 2.48. The first kappa shape index (κ1) is 11.7. The fourth-order valence-electron chi connectivity index (χ4n) is 2.83. The van der Waals surface area contributed by atoms with Crippen LogP contribution in [0.25, 0.3) is 0 Å². The summed E-state index contributed by atoms with van der Waals surface area (Å²) in [5.74, 6) is 0.224. The number of hydrogen-bond donors (Lipinski definition) is 2. The Balaban J connectivity index is 1.68. The Morgan fingerprint density at radius 3 is 2.67 bits per heavy atom. The van der Waals surface area contributed by atoms with E-state index in [-0.39, 0.29) is 11.3 Å². The Hall–Kier alpha value is -1.35. The molecule has 0 spiro atoms. The average molecular weight is 244 g/mol. The van der Waals surface area contributed by atoms with Gasteiger partial charge in [-0.2, -0.15) is 0 Å². The van der Waals surface area contributed by atoms with Gasteiger partial charge >= 0.3 is 0 Å². The van der Waals surface area contributed by atoms with Crippen molar-refractivity contribution < 1.29 is 4.79 Å². The Bertz CT molecular complexity index is 419. The molecular weight excluding hydrogens is 224 g/mol. The smallest absolute Gasteiger partial charge is 0.230 e.